The van der Waals surface area contributed by atoms with Crippen molar-refractivity contribution in [2.75, 3.05) is 68.5 Å². The van der Waals surface area contributed by atoms with Gasteiger partial charge in [0, 0.05) is 67.5 Å². The predicted molar refractivity (Wildman–Crippen MR) is 137 cm³/mol. The number of Topliss-reactive ketones (excluding diaryl/α,β-unsaturated/α-hetero) is 1. The largest absolute Gasteiger partial charge is 0.382 e. The van der Waals surface area contributed by atoms with E-state index in [1.165, 1.54) is 0 Å². The van der Waals surface area contributed by atoms with Crippen LogP contribution < -0.4 is 15.5 Å². The van der Waals surface area contributed by atoms with Crippen LogP contribution in [0.2, 0.25) is 0 Å². The number of rotatable bonds is 6. The molecule has 36 heavy (non-hydrogen) atoms. The molecule has 2 N–H and O–H groups in total. The van der Waals surface area contributed by atoms with Gasteiger partial charge in [-0.15, -0.1) is 0 Å². The van der Waals surface area contributed by atoms with Crippen LogP contribution in [0.3, 0.4) is 0 Å². The summed E-state index contributed by atoms with van der Waals surface area (Å²) in [6.07, 6.45) is 5.13. The molecule has 3 aromatic rings. The van der Waals surface area contributed by atoms with E-state index in [-0.39, 0.29) is 29.6 Å². The zero-order chi connectivity index (χ0) is 25.1. The maximum Gasteiger partial charge on any atom is 0.241 e. The van der Waals surface area contributed by atoms with Gasteiger partial charge in [-0.05, 0) is 25.2 Å². The number of likely N-dealkylation sites (N-methyl/N-ethyl adjacent to an activating group) is 1. The molecule has 0 radical (unpaired) electrons. The Morgan fingerprint density at radius 2 is 1.83 bits per heavy atom. The number of anilines is 3. The van der Waals surface area contributed by atoms with Crippen molar-refractivity contribution in [2.45, 2.75) is 6.42 Å². The second kappa shape index (κ2) is 10.4. The summed E-state index contributed by atoms with van der Waals surface area (Å²) >= 11 is 0. The fraction of sp³-hybridized carbons (Fsp3) is 0.346. The number of ether oxygens (including phenoxy) is 1. The highest BCUT2D eigenvalue weighted by Gasteiger charge is 2.23. The number of aromatic nitrogens is 3. The van der Waals surface area contributed by atoms with Gasteiger partial charge in [0.25, 0.3) is 0 Å². The number of nitrogens with two attached hydrogens (primary N) is 1. The first-order valence-corrected chi connectivity index (χ1v) is 12.0. The molecule has 1 aromatic carbocycles. The smallest absolute Gasteiger partial charge is 0.241 e. The number of ketones is 1. The highest BCUT2D eigenvalue weighted by Crippen LogP contribution is 2.26. The minimum absolute atomic E-state index is 0.0727. The molecule has 10 nitrogen and oxygen atoms in total. The molecule has 0 aliphatic carbocycles. The summed E-state index contributed by atoms with van der Waals surface area (Å²) in [6.45, 7) is 4.70. The van der Waals surface area contributed by atoms with Crippen molar-refractivity contribution in [3.05, 3.63) is 60.2 Å². The predicted octanol–water partition coefficient (Wildman–Crippen LogP) is 1.66. The molecule has 0 unspecified atom stereocenters. The van der Waals surface area contributed by atoms with E-state index in [1.54, 1.807) is 23.5 Å². The summed E-state index contributed by atoms with van der Waals surface area (Å²) in [5.74, 6) is -0.0484. The topological polar surface area (TPSA) is 118 Å². The Bertz CT molecular complexity index is 1260. The molecule has 0 atom stereocenters. The lowest BCUT2D eigenvalue weighted by molar-refractivity contribution is -0.120. The van der Waals surface area contributed by atoms with E-state index in [9.17, 15) is 9.59 Å². The second-order valence-corrected chi connectivity index (χ2v) is 9.02. The number of carbonyl (C=O) groups is 2. The van der Waals surface area contributed by atoms with Crippen molar-refractivity contribution in [1.29, 1.82) is 0 Å². The molecular formula is C26H29N7O3. The number of nitrogens with zero attached hydrogens (tertiary/aromatic N) is 6. The van der Waals surface area contributed by atoms with Gasteiger partial charge in [-0.1, -0.05) is 12.1 Å². The second-order valence-electron chi connectivity index (χ2n) is 9.02. The normalized spacial score (nSPS) is 16.9. The Balaban J connectivity index is 1.35. The number of amides is 1. The molecule has 0 spiro atoms. The van der Waals surface area contributed by atoms with Crippen LogP contribution >= 0.6 is 0 Å². The van der Waals surface area contributed by atoms with Gasteiger partial charge in [-0.3, -0.25) is 19.5 Å². The van der Waals surface area contributed by atoms with E-state index < -0.39 is 0 Å². The van der Waals surface area contributed by atoms with Gasteiger partial charge in [-0.25, -0.2) is 9.97 Å². The van der Waals surface area contributed by atoms with Gasteiger partial charge in [-0.2, -0.15) is 0 Å². The minimum atomic E-state index is -0.219. The molecule has 2 aliphatic heterocycles. The molecule has 2 saturated heterocycles. The number of pyridine rings is 1. The fourth-order valence-electron chi connectivity index (χ4n) is 4.54. The Hall–Kier alpha value is -3.89. The summed E-state index contributed by atoms with van der Waals surface area (Å²) in [5, 5.41) is 0. The first kappa shape index (κ1) is 23.8. The van der Waals surface area contributed by atoms with Crippen molar-refractivity contribution in [3.63, 3.8) is 0 Å². The van der Waals surface area contributed by atoms with Crippen LogP contribution in [-0.2, 0) is 16.0 Å². The van der Waals surface area contributed by atoms with Crippen LogP contribution in [-0.4, -0.2) is 84.5 Å². The van der Waals surface area contributed by atoms with Gasteiger partial charge >= 0.3 is 0 Å². The molecule has 1 amide bonds. The molecule has 2 aromatic heterocycles. The number of benzene rings is 1. The van der Waals surface area contributed by atoms with Gasteiger partial charge in [0.1, 0.15) is 5.69 Å². The van der Waals surface area contributed by atoms with Crippen molar-refractivity contribution < 1.29 is 14.3 Å². The molecule has 10 heteroatoms. The Kier molecular flexibility index (Phi) is 6.88. The quantitative estimate of drug-likeness (QED) is 0.518. The van der Waals surface area contributed by atoms with Crippen molar-refractivity contribution in [2.24, 2.45) is 0 Å². The molecule has 2 fully saturated rings. The van der Waals surface area contributed by atoms with Crippen LogP contribution in [0.4, 0.5) is 17.2 Å². The van der Waals surface area contributed by atoms with E-state index in [2.05, 4.69) is 19.9 Å². The zero-order valence-electron chi connectivity index (χ0n) is 20.3. The summed E-state index contributed by atoms with van der Waals surface area (Å²) in [5.41, 5.74) is 10.2. The Morgan fingerprint density at radius 3 is 2.58 bits per heavy atom. The van der Waals surface area contributed by atoms with Crippen molar-refractivity contribution in [1.82, 2.24) is 19.9 Å². The summed E-state index contributed by atoms with van der Waals surface area (Å²) in [7, 11) is 1.94. The van der Waals surface area contributed by atoms with Gasteiger partial charge in [0.2, 0.25) is 5.91 Å². The van der Waals surface area contributed by atoms with Gasteiger partial charge < -0.3 is 20.3 Å². The molecule has 0 saturated carbocycles. The first-order valence-electron chi connectivity index (χ1n) is 12.0. The standard InChI is InChI=1S/C26H29N7O3/c1-31-8-9-33(24(35)17-31)20-4-2-18(3-5-20)21-16-29-26(27)25(30-21)23(34)14-19-15-28-7-6-22(19)32-10-12-36-13-11-32/h2-7,15-16H,8-14,17H2,1H3,(H2,27,29). The molecule has 0 bridgehead atoms. The number of nitrogen functional groups attached to an aromatic ring is 1. The average molecular weight is 488 g/mol. The SMILES string of the molecule is CN1CCN(c2ccc(-c3cnc(N)c(C(=O)Cc4cnccc4N4CCOCC4)n3)cc2)C(=O)C1. The number of hydrogen-bond acceptors (Lipinski definition) is 9. The molecule has 5 rings (SSSR count). The minimum Gasteiger partial charge on any atom is -0.382 e. The summed E-state index contributed by atoms with van der Waals surface area (Å²) in [6, 6.07) is 9.47. The number of carbonyl (C=O) groups excluding carboxylic acids is 2. The Labute approximate surface area is 209 Å². The highest BCUT2D eigenvalue weighted by molar-refractivity contribution is 6.00. The molecule has 186 valence electrons. The zero-order valence-corrected chi connectivity index (χ0v) is 20.3. The third-order valence-electron chi connectivity index (χ3n) is 6.53. The number of hydrogen-bond donors (Lipinski definition) is 1. The van der Waals surface area contributed by atoms with Crippen LogP contribution in [0.25, 0.3) is 11.3 Å². The van der Waals surface area contributed by atoms with E-state index >= 15 is 0 Å². The van der Waals surface area contributed by atoms with Gasteiger partial charge in [0.15, 0.2) is 11.6 Å². The molecule has 4 heterocycles. The monoisotopic (exact) mass is 487 g/mol. The molecular weight excluding hydrogens is 458 g/mol. The maximum atomic E-state index is 13.3. The van der Waals surface area contributed by atoms with E-state index in [0.29, 0.717) is 32.0 Å². The van der Waals surface area contributed by atoms with Crippen molar-refractivity contribution >= 4 is 28.9 Å². The van der Waals surface area contributed by atoms with E-state index in [0.717, 1.165) is 42.1 Å². The highest BCUT2D eigenvalue weighted by atomic mass is 16.5. The lowest BCUT2D eigenvalue weighted by Crippen LogP contribution is -2.48. The van der Waals surface area contributed by atoms with Gasteiger partial charge in [0.05, 0.1) is 31.6 Å². The lowest BCUT2D eigenvalue weighted by atomic mass is 10.1. The van der Waals surface area contributed by atoms with E-state index in [4.69, 9.17) is 10.5 Å². The fourth-order valence-corrected chi connectivity index (χ4v) is 4.54. The summed E-state index contributed by atoms with van der Waals surface area (Å²) in [4.78, 5) is 44.7. The van der Waals surface area contributed by atoms with E-state index in [1.807, 2.05) is 42.3 Å². The number of morpholine rings is 1. The summed E-state index contributed by atoms with van der Waals surface area (Å²) < 4.78 is 5.45. The maximum absolute atomic E-state index is 13.3. The average Bonchev–Trinajstić information content (AvgIpc) is 2.90. The third kappa shape index (κ3) is 5.05. The Morgan fingerprint density at radius 1 is 1.06 bits per heavy atom. The van der Waals surface area contributed by atoms with Crippen LogP contribution in [0.15, 0.2) is 48.9 Å². The van der Waals surface area contributed by atoms with Crippen molar-refractivity contribution in [3.8, 4) is 11.3 Å². The van der Waals surface area contributed by atoms with Crippen LogP contribution in [0.1, 0.15) is 16.1 Å². The lowest BCUT2D eigenvalue weighted by Gasteiger charge is -2.32. The number of piperazine rings is 1. The van der Waals surface area contributed by atoms with Crippen LogP contribution in [0.5, 0.6) is 0 Å². The third-order valence-corrected chi connectivity index (χ3v) is 6.53. The first-order chi connectivity index (χ1) is 17.5. The van der Waals surface area contributed by atoms with Crippen LogP contribution in [0, 0.1) is 0 Å². The molecule has 2 aliphatic rings.